The van der Waals surface area contributed by atoms with Crippen molar-refractivity contribution in [1.29, 1.82) is 0 Å². The molecule has 2 fully saturated rings. The Labute approximate surface area is 301 Å². The van der Waals surface area contributed by atoms with Crippen LogP contribution >= 0.6 is 11.6 Å². The van der Waals surface area contributed by atoms with Crippen molar-refractivity contribution >= 4 is 39.3 Å². The van der Waals surface area contributed by atoms with Crippen molar-refractivity contribution in [1.82, 2.24) is 19.8 Å². The molecule has 2 N–H and O–H groups in total. The molecule has 2 aromatic carbocycles. The molecule has 1 saturated heterocycles. The van der Waals surface area contributed by atoms with Gasteiger partial charge in [-0.15, -0.1) is 0 Å². The highest BCUT2D eigenvalue weighted by atomic mass is 35.5. The van der Waals surface area contributed by atoms with Gasteiger partial charge in [-0.3, -0.25) is 9.69 Å². The van der Waals surface area contributed by atoms with Gasteiger partial charge in [0.25, 0.3) is 15.9 Å². The Morgan fingerprint density at radius 2 is 1.90 bits per heavy atom. The van der Waals surface area contributed by atoms with Gasteiger partial charge >= 0.3 is 6.09 Å². The van der Waals surface area contributed by atoms with E-state index in [9.17, 15) is 18.0 Å². The third kappa shape index (κ3) is 7.78. The van der Waals surface area contributed by atoms with Gasteiger partial charge in [0.1, 0.15) is 18.5 Å². The first kappa shape index (κ1) is 36.5. The van der Waals surface area contributed by atoms with Crippen molar-refractivity contribution in [2.45, 2.75) is 82.1 Å². The number of carbonyl (C=O) groups excluding carboxylic acids is 2. The van der Waals surface area contributed by atoms with E-state index in [4.69, 9.17) is 21.1 Å². The van der Waals surface area contributed by atoms with Crippen LogP contribution < -0.4 is 19.7 Å². The SMILES string of the molecule is CCN1C/C=C/[C@H](OC(=O)N2CC(NC)C2)[C@@H]2CC[C@H]2CN2CCCCc3cc(Cl)ccc3COc3ccc(cc32)S(=O)(=O)NC(=O)C1(C)C. The number of sulfonamides is 1. The molecule has 0 unspecified atom stereocenters. The average Bonchev–Trinajstić information content (AvgIpc) is 3.06. The lowest BCUT2D eigenvalue weighted by molar-refractivity contribution is -0.129. The Morgan fingerprint density at radius 3 is 2.62 bits per heavy atom. The average molecular weight is 728 g/mol. The lowest BCUT2D eigenvalue weighted by atomic mass is 9.70. The number of anilines is 1. The Balaban J connectivity index is 1.38. The smallest absolute Gasteiger partial charge is 0.410 e. The van der Waals surface area contributed by atoms with E-state index in [0.29, 0.717) is 62.3 Å². The third-order valence-electron chi connectivity index (χ3n) is 11.0. The van der Waals surface area contributed by atoms with Gasteiger partial charge in [0.2, 0.25) is 0 Å². The number of ether oxygens (including phenoxy) is 2. The van der Waals surface area contributed by atoms with E-state index in [1.54, 1.807) is 30.9 Å². The van der Waals surface area contributed by atoms with Gasteiger partial charge in [-0.05, 0) is 113 Å². The highest BCUT2D eigenvalue weighted by Crippen LogP contribution is 2.42. The number of nitrogens with one attached hydrogen (secondary N) is 2. The first-order valence-corrected chi connectivity index (χ1v) is 19.7. The number of nitrogens with zero attached hydrogens (tertiary/aromatic N) is 3. The maximum atomic E-state index is 13.8. The third-order valence-corrected chi connectivity index (χ3v) is 12.6. The lowest BCUT2D eigenvalue weighted by Crippen LogP contribution is -2.59. The molecule has 0 radical (unpaired) electrons. The molecule has 1 saturated carbocycles. The number of hydrogen-bond donors (Lipinski definition) is 2. The van der Waals surface area contributed by atoms with Crippen LogP contribution in [0.4, 0.5) is 10.5 Å². The zero-order valence-corrected chi connectivity index (χ0v) is 31.1. The first-order valence-electron chi connectivity index (χ1n) is 17.8. The summed E-state index contributed by atoms with van der Waals surface area (Å²) < 4.78 is 42.7. The molecular weight excluding hydrogens is 678 g/mol. The van der Waals surface area contributed by atoms with Crippen molar-refractivity contribution in [2.75, 3.05) is 51.2 Å². The molecule has 0 aromatic heterocycles. The number of likely N-dealkylation sites (tertiary alicyclic amines) is 1. The van der Waals surface area contributed by atoms with Crippen LogP contribution in [-0.2, 0) is 32.6 Å². The molecule has 13 heteroatoms. The number of amides is 2. The van der Waals surface area contributed by atoms with Crippen molar-refractivity contribution in [3.05, 3.63) is 64.7 Å². The monoisotopic (exact) mass is 727 g/mol. The Morgan fingerprint density at radius 1 is 1.10 bits per heavy atom. The fourth-order valence-electron chi connectivity index (χ4n) is 7.42. The number of aryl methyl sites for hydroxylation is 1. The fraction of sp³-hybridized carbons (Fsp3) is 0.568. The van der Waals surface area contributed by atoms with Gasteiger partial charge in [-0.25, -0.2) is 17.9 Å². The minimum absolute atomic E-state index is 0.00233. The molecule has 3 aliphatic heterocycles. The zero-order valence-electron chi connectivity index (χ0n) is 29.5. The molecule has 272 valence electrons. The van der Waals surface area contributed by atoms with Crippen LogP contribution in [0.1, 0.15) is 57.6 Å². The van der Waals surface area contributed by atoms with Gasteiger partial charge in [0.15, 0.2) is 0 Å². The summed E-state index contributed by atoms with van der Waals surface area (Å²) in [4.78, 5) is 32.8. The summed E-state index contributed by atoms with van der Waals surface area (Å²) in [5.74, 6) is 0.210. The zero-order chi connectivity index (χ0) is 35.6. The molecule has 1 aliphatic carbocycles. The van der Waals surface area contributed by atoms with Gasteiger partial charge < -0.3 is 24.6 Å². The summed E-state index contributed by atoms with van der Waals surface area (Å²) in [6.07, 6.45) is 7.63. The van der Waals surface area contributed by atoms with E-state index in [-0.39, 0.29) is 28.9 Å². The van der Waals surface area contributed by atoms with E-state index < -0.39 is 27.6 Å². The second kappa shape index (κ2) is 15.1. The molecular formula is C37H50ClN5O6S. The number of rotatable bonds is 3. The summed E-state index contributed by atoms with van der Waals surface area (Å²) in [5, 5.41) is 3.89. The quantitative estimate of drug-likeness (QED) is 0.423. The summed E-state index contributed by atoms with van der Waals surface area (Å²) in [6, 6.07) is 10.9. The highest BCUT2D eigenvalue weighted by molar-refractivity contribution is 7.90. The molecule has 3 atom stereocenters. The molecule has 6 rings (SSSR count). The summed E-state index contributed by atoms with van der Waals surface area (Å²) >= 11 is 6.36. The second-order valence-corrected chi connectivity index (χ2v) is 16.6. The fourth-order valence-corrected chi connectivity index (χ4v) is 8.74. The molecule has 2 amide bonds. The molecule has 4 aliphatic rings. The predicted octanol–water partition coefficient (Wildman–Crippen LogP) is 4.97. The van der Waals surface area contributed by atoms with Crippen molar-refractivity contribution in [3.63, 3.8) is 0 Å². The number of benzene rings is 2. The minimum Gasteiger partial charge on any atom is -0.487 e. The summed E-state index contributed by atoms with van der Waals surface area (Å²) in [7, 11) is -2.32. The molecule has 11 nitrogen and oxygen atoms in total. The normalized spacial score (nSPS) is 26.4. The van der Waals surface area contributed by atoms with Crippen LogP contribution in [0.25, 0.3) is 0 Å². The molecule has 2 bridgehead atoms. The molecule has 2 aromatic rings. The van der Waals surface area contributed by atoms with Crippen molar-refractivity contribution in [2.24, 2.45) is 11.8 Å². The van der Waals surface area contributed by atoms with E-state index in [1.165, 1.54) is 6.07 Å². The second-order valence-electron chi connectivity index (χ2n) is 14.4. The molecule has 3 heterocycles. The standard InChI is InChI=1S/C37H50ClN5O6S/c1-5-43-18-8-10-33(49-36(45)42-22-29(23-42)39-4)31-15-12-26(31)21-41-17-7-6-9-25-19-28(38)13-11-27(25)24-48-34-16-14-30(20-32(34)41)50(46,47)40-35(44)37(43,2)3/h8,10-11,13-14,16,19-20,26,29,31,33,39H,5-7,9,12,15,17-18,21-24H2,1-4H3,(H,40,44)/b10-8+/t26-,31+,33-/m0/s1. The number of fused-ring (bicyclic) bond motifs is 3. The van der Waals surface area contributed by atoms with E-state index >= 15 is 0 Å². The largest absolute Gasteiger partial charge is 0.487 e. The maximum Gasteiger partial charge on any atom is 0.410 e. The molecule has 0 spiro atoms. The van der Waals surface area contributed by atoms with Crippen LogP contribution in [0.3, 0.4) is 0 Å². The van der Waals surface area contributed by atoms with Crippen LogP contribution in [0, 0.1) is 11.8 Å². The molecule has 50 heavy (non-hydrogen) atoms. The number of carbonyl (C=O) groups is 2. The van der Waals surface area contributed by atoms with Gasteiger partial charge in [0, 0.05) is 49.7 Å². The van der Waals surface area contributed by atoms with E-state index in [0.717, 1.165) is 43.2 Å². The first-order chi connectivity index (χ1) is 23.9. The van der Waals surface area contributed by atoms with Gasteiger partial charge in [0.05, 0.1) is 16.1 Å². The lowest BCUT2D eigenvalue weighted by Gasteiger charge is -2.45. The Hall–Kier alpha value is -3.32. The van der Waals surface area contributed by atoms with Crippen molar-refractivity contribution < 1.29 is 27.5 Å². The van der Waals surface area contributed by atoms with Crippen LogP contribution in [-0.4, -0.2) is 94.2 Å². The topological polar surface area (TPSA) is 121 Å². The number of hydrogen-bond acceptors (Lipinski definition) is 9. The van der Waals surface area contributed by atoms with Crippen LogP contribution in [0.15, 0.2) is 53.4 Å². The number of halogens is 1. The minimum atomic E-state index is -4.21. The van der Waals surface area contributed by atoms with Gasteiger partial charge in [-0.1, -0.05) is 30.7 Å². The van der Waals surface area contributed by atoms with Crippen molar-refractivity contribution in [3.8, 4) is 5.75 Å². The predicted molar refractivity (Wildman–Crippen MR) is 194 cm³/mol. The summed E-state index contributed by atoms with van der Waals surface area (Å²) in [5.41, 5.74) is 1.68. The highest BCUT2D eigenvalue weighted by Gasteiger charge is 2.42. The van der Waals surface area contributed by atoms with E-state index in [2.05, 4.69) is 14.9 Å². The Kier molecular flexibility index (Phi) is 11.0. The van der Waals surface area contributed by atoms with Gasteiger partial charge in [-0.2, -0.15) is 0 Å². The maximum absolute atomic E-state index is 13.8. The van der Waals surface area contributed by atoms with Crippen LogP contribution in [0.2, 0.25) is 5.02 Å². The van der Waals surface area contributed by atoms with E-state index in [1.807, 2.05) is 49.2 Å². The summed E-state index contributed by atoms with van der Waals surface area (Å²) in [6.45, 7) is 9.08. The number of likely N-dealkylation sites (N-methyl/N-ethyl adjacent to an activating group) is 2. The Bertz CT molecular complexity index is 1710. The van der Waals surface area contributed by atoms with Crippen LogP contribution in [0.5, 0.6) is 5.75 Å².